The lowest BCUT2D eigenvalue weighted by Gasteiger charge is -2.22. The maximum absolute atomic E-state index is 12.0. The number of alkyl carbamates (subject to hydrolysis) is 1. The van der Waals surface area contributed by atoms with E-state index in [0.29, 0.717) is 6.42 Å². The second-order valence-electron chi connectivity index (χ2n) is 6.25. The largest absolute Gasteiger partial charge is 0.458 e. The molecular formula is C15H24N2O5. The van der Waals surface area contributed by atoms with Crippen molar-refractivity contribution >= 4 is 18.0 Å². The van der Waals surface area contributed by atoms with Crippen molar-refractivity contribution in [1.82, 2.24) is 10.6 Å². The number of rotatable bonds is 4. The lowest BCUT2D eigenvalue weighted by atomic mass is 10.2. The Morgan fingerprint density at radius 3 is 2.41 bits per heavy atom. The Morgan fingerprint density at radius 2 is 1.86 bits per heavy atom. The summed E-state index contributed by atoms with van der Waals surface area (Å²) in [7, 11) is 0. The molecule has 0 radical (unpaired) electrons. The van der Waals surface area contributed by atoms with Gasteiger partial charge in [-0.15, -0.1) is 0 Å². The number of esters is 1. The normalized spacial score (nSPS) is 21.9. The molecule has 0 saturated heterocycles. The number of hydrogen-bond donors (Lipinski definition) is 2. The van der Waals surface area contributed by atoms with Crippen LogP contribution in [0.1, 0.15) is 41.0 Å². The summed E-state index contributed by atoms with van der Waals surface area (Å²) < 4.78 is 10.1. The fourth-order valence-corrected chi connectivity index (χ4v) is 1.93. The lowest BCUT2D eigenvalue weighted by Crippen LogP contribution is -2.48. The minimum Gasteiger partial charge on any atom is -0.458 e. The Kier molecular flexibility index (Phi) is 5.96. The molecule has 7 nitrogen and oxygen atoms in total. The van der Waals surface area contributed by atoms with Crippen LogP contribution in [0.5, 0.6) is 0 Å². The average Bonchev–Trinajstić information content (AvgIpc) is 2.72. The maximum atomic E-state index is 12.0. The van der Waals surface area contributed by atoms with Gasteiger partial charge in [-0.2, -0.15) is 0 Å². The zero-order valence-corrected chi connectivity index (χ0v) is 13.6. The van der Waals surface area contributed by atoms with E-state index in [2.05, 4.69) is 10.6 Å². The van der Waals surface area contributed by atoms with E-state index in [0.717, 1.165) is 0 Å². The topological polar surface area (TPSA) is 93.7 Å². The van der Waals surface area contributed by atoms with E-state index >= 15 is 0 Å². The minimum absolute atomic E-state index is 0.222. The Hall–Kier alpha value is -2.05. The SMILES string of the molecule is CC(=O)O[C@@H]1C=C[C@H](NC(=O)[C@H](C)NC(=O)OC(C)(C)C)C1. The summed E-state index contributed by atoms with van der Waals surface area (Å²) >= 11 is 0. The molecule has 1 aliphatic carbocycles. The zero-order chi connectivity index (χ0) is 16.9. The Bertz CT molecular complexity index is 467. The molecule has 2 amide bonds. The number of carbonyl (C=O) groups excluding carboxylic acids is 3. The van der Waals surface area contributed by atoms with E-state index in [4.69, 9.17) is 9.47 Å². The lowest BCUT2D eigenvalue weighted by molar-refractivity contribution is -0.144. The van der Waals surface area contributed by atoms with Crippen molar-refractivity contribution in [1.29, 1.82) is 0 Å². The highest BCUT2D eigenvalue weighted by Gasteiger charge is 2.26. The van der Waals surface area contributed by atoms with Crippen LogP contribution in [0.2, 0.25) is 0 Å². The summed E-state index contributed by atoms with van der Waals surface area (Å²) in [5, 5.41) is 5.23. The van der Waals surface area contributed by atoms with Crippen LogP contribution < -0.4 is 10.6 Å². The average molecular weight is 312 g/mol. The second-order valence-corrected chi connectivity index (χ2v) is 6.25. The van der Waals surface area contributed by atoms with Crippen LogP contribution in [0, 0.1) is 0 Å². The molecule has 0 unspecified atom stereocenters. The predicted molar refractivity (Wildman–Crippen MR) is 80.1 cm³/mol. The van der Waals surface area contributed by atoms with Crippen molar-refractivity contribution < 1.29 is 23.9 Å². The van der Waals surface area contributed by atoms with E-state index < -0.39 is 17.7 Å². The standard InChI is InChI=1S/C15H24N2O5/c1-9(16-14(20)22-15(3,4)5)13(19)17-11-6-7-12(8-11)21-10(2)18/h6-7,9,11-12H,8H2,1-5H3,(H,16,20)(H,17,19)/t9-,11-,12+/m0/s1. The van der Waals surface area contributed by atoms with Crippen molar-refractivity contribution in [2.75, 3.05) is 0 Å². The number of amides is 2. The summed E-state index contributed by atoms with van der Waals surface area (Å²) in [4.78, 5) is 34.5. The van der Waals surface area contributed by atoms with Gasteiger partial charge in [-0.3, -0.25) is 9.59 Å². The molecule has 22 heavy (non-hydrogen) atoms. The van der Waals surface area contributed by atoms with Gasteiger partial charge in [0.1, 0.15) is 17.7 Å². The van der Waals surface area contributed by atoms with Crippen LogP contribution in [-0.4, -0.2) is 41.8 Å². The molecule has 0 aromatic carbocycles. The van der Waals surface area contributed by atoms with Crippen molar-refractivity contribution in [3.05, 3.63) is 12.2 Å². The van der Waals surface area contributed by atoms with Gasteiger partial charge < -0.3 is 20.1 Å². The third-order valence-electron chi connectivity index (χ3n) is 2.82. The molecule has 1 aliphatic rings. The highest BCUT2D eigenvalue weighted by molar-refractivity contribution is 5.85. The Labute approximate surface area is 130 Å². The molecule has 0 fully saturated rings. The van der Waals surface area contributed by atoms with Crippen molar-refractivity contribution in [3.8, 4) is 0 Å². The van der Waals surface area contributed by atoms with Gasteiger partial charge in [0.25, 0.3) is 0 Å². The first-order valence-corrected chi connectivity index (χ1v) is 7.22. The third-order valence-corrected chi connectivity index (χ3v) is 2.82. The predicted octanol–water partition coefficient (Wildman–Crippen LogP) is 1.28. The van der Waals surface area contributed by atoms with E-state index in [1.807, 2.05) is 0 Å². The van der Waals surface area contributed by atoms with Gasteiger partial charge in [-0.1, -0.05) is 6.08 Å². The van der Waals surface area contributed by atoms with Crippen molar-refractivity contribution in [2.45, 2.75) is 64.8 Å². The molecule has 0 saturated carbocycles. The summed E-state index contributed by atoms with van der Waals surface area (Å²) in [5.74, 6) is -0.689. The molecular weight excluding hydrogens is 288 g/mol. The van der Waals surface area contributed by atoms with Crippen LogP contribution in [-0.2, 0) is 19.1 Å². The van der Waals surface area contributed by atoms with Crippen LogP contribution in [0.4, 0.5) is 4.79 Å². The Balaban J connectivity index is 2.38. The zero-order valence-electron chi connectivity index (χ0n) is 13.6. The first kappa shape index (κ1) is 18.0. The highest BCUT2D eigenvalue weighted by Crippen LogP contribution is 2.14. The molecule has 124 valence electrons. The van der Waals surface area contributed by atoms with Crippen molar-refractivity contribution in [2.24, 2.45) is 0 Å². The van der Waals surface area contributed by atoms with E-state index in [1.165, 1.54) is 6.92 Å². The van der Waals surface area contributed by atoms with Crippen LogP contribution in [0.15, 0.2) is 12.2 Å². The molecule has 0 heterocycles. The first-order valence-electron chi connectivity index (χ1n) is 7.22. The van der Waals surface area contributed by atoms with Gasteiger partial charge in [-0.25, -0.2) is 4.79 Å². The molecule has 0 bridgehead atoms. The minimum atomic E-state index is -0.726. The molecule has 0 spiro atoms. The van der Waals surface area contributed by atoms with Gasteiger partial charge in [0.15, 0.2) is 0 Å². The number of hydrogen-bond acceptors (Lipinski definition) is 5. The van der Waals surface area contributed by atoms with Crippen molar-refractivity contribution in [3.63, 3.8) is 0 Å². The van der Waals surface area contributed by atoms with Gasteiger partial charge >= 0.3 is 12.1 Å². The molecule has 1 rings (SSSR count). The van der Waals surface area contributed by atoms with Gasteiger partial charge in [-0.05, 0) is 33.8 Å². The van der Waals surface area contributed by atoms with Crippen LogP contribution in [0.3, 0.4) is 0 Å². The summed E-state index contributed by atoms with van der Waals surface area (Å²) in [5.41, 5.74) is -0.619. The van der Waals surface area contributed by atoms with E-state index in [-0.39, 0.29) is 24.0 Å². The summed E-state index contributed by atoms with van der Waals surface area (Å²) in [6.45, 7) is 8.15. The smallest absolute Gasteiger partial charge is 0.408 e. The fourth-order valence-electron chi connectivity index (χ4n) is 1.93. The highest BCUT2D eigenvalue weighted by atomic mass is 16.6. The van der Waals surface area contributed by atoms with Crippen LogP contribution in [0.25, 0.3) is 0 Å². The second kappa shape index (κ2) is 7.29. The van der Waals surface area contributed by atoms with Gasteiger partial charge in [0.2, 0.25) is 5.91 Å². The molecule has 2 N–H and O–H groups in total. The first-order chi connectivity index (χ1) is 10.1. The molecule has 0 aromatic rings. The van der Waals surface area contributed by atoms with Gasteiger partial charge in [0.05, 0.1) is 6.04 Å². The van der Waals surface area contributed by atoms with Gasteiger partial charge in [0, 0.05) is 13.3 Å². The molecule has 7 heteroatoms. The fraction of sp³-hybridized carbons (Fsp3) is 0.667. The number of carbonyl (C=O) groups is 3. The number of nitrogens with one attached hydrogen (secondary N) is 2. The maximum Gasteiger partial charge on any atom is 0.408 e. The summed E-state index contributed by atoms with van der Waals surface area (Å²) in [6.07, 6.45) is 3.03. The summed E-state index contributed by atoms with van der Waals surface area (Å²) in [6, 6.07) is -0.948. The van der Waals surface area contributed by atoms with Crippen LogP contribution >= 0.6 is 0 Å². The number of ether oxygens (including phenoxy) is 2. The monoisotopic (exact) mass is 312 g/mol. The molecule has 0 aliphatic heterocycles. The Morgan fingerprint density at radius 1 is 1.23 bits per heavy atom. The van der Waals surface area contributed by atoms with E-state index in [1.54, 1.807) is 39.8 Å². The van der Waals surface area contributed by atoms with E-state index in [9.17, 15) is 14.4 Å². The third kappa shape index (κ3) is 6.60. The molecule has 3 atom stereocenters. The molecule has 0 aromatic heterocycles. The quantitative estimate of drug-likeness (QED) is 0.602.